The van der Waals surface area contributed by atoms with Crippen LogP contribution in [0.3, 0.4) is 0 Å². The first-order valence-corrected chi connectivity index (χ1v) is 7.13. The van der Waals surface area contributed by atoms with Crippen molar-refractivity contribution in [3.05, 3.63) is 17.6 Å². The molecule has 0 bridgehead atoms. The highest BCUT2D eigenvalue weighted by molar-refractivity contribution is 7.89. The third-order valence-electron chi connectivity index (χ3n) is 3.06. The Labute approximate surface area is 101 Å². The summed E-state index contributed by atoms with van der Waals surface area (Å²) >= 11 is 0. The Balaban J connectivity index is 2.16. The largest absolute Gasteiger partial charge is 0.462 e. The Morgan fingerprint density at radius 2 is 2.18 bits per heavy atom. The van der Waals surface area contributed by atoms with Gasteiger partial charge in [0.1, 0.15) is 23.0 Å². The Hall–Kier alpha value is -0.850. The Kier molecular flexibility index (Phi) is 3.29. The van der Waals surface area contributed by atoms with Gasteiger partial charge in [-0.1, -0.05) is 6.92 Å². The van der Waals surface area contributed by atoms with Crippen LogP contribution in [-0.2, 0) is 16.6 Å². The molecule has 1 saturated carbocycles. The molecule has 17 heavy (non-hydrogen) atoms. The molecule has 1 aromatic rings. The average Bonchev–Trinajstić information content (AvgIpc) is 2.58. The van der Waals surface area contributed by atoms with Crippen molar-refractivity contribution in [3.8, 4) is 0 Å². The van der Waals surface area contributed by atoms with Crippen molar-refractivity contribution in [3.63, 3.8) is 0 Å². The molecule has 0 aliphatic heterocycles. The molecule has 1 aliphatic rings. The molecule has 0 saturated heterocycles. The zero-order chi connectivity index (χ0) is 12.6. The third kappa shape index (κ3) is 2.53. The Morgan fingerprint density at radius 1 is 1.53 bits per heavy atom. The van der Waals surface area contributed by atoms with E-state index in [4.69, 9.17) is 9.52 Å². The van der Waals surface area contributed by atoms with Crippen molar-refractivity contribution in [1.82, 2.24) is 4.72 Å². The van der Waals surface area contributed by atoms with Crippen molar-refractivity contribution >= 4 is 10.0 Å². The summed E-state index contributed by atoms with van der Waals surface area (Å²) in [6.07, 6.45) is 1.76. The van der Waals surface area contributed by atoms with Crippen LogP contribution in [0.25, 0.3) is 0 Å². The maximum atomic E-state index is 12.0. The van der Waals surface area contributed by atoms with Crippen LogP contribution in [0.15, 0.2) is 15.4 Å². The summed E-state index contributed by atoms with van der Waals surface area (Å²) in [5.41, 5.74) is 0. The van der Waals surface area contributed by atoms with E-state index in [1.807, 2.05) is 0 Å². The van der Waals surface area contributed by atoms with Gasteiger partial charge in [0, 0.05) is 12.1 Å². The predicted octanol–water partition coefficient (Wildman–Crippen LogP) is 1.16. The van der Waals surface area contributed by atoms with E-state index in [-0.39, 0.29) is 23.3 Å². The molecule has 1 heterocycles. The number of nitrogens with one attached hydrogen (secondary N) is 1. The number of aliphatic hydroxyl groups is 1. The van der Waals surface area contributed by atoms with Crippen LogP contribution in [-0.4, -0.2) is 19.6 Å². The van der Waals surface area contributed by atoms with Gasteiger partial charge in [-0.15, -0.1) is 0 Å². The van der Waals surface area contributed by atoms with E-state index in [1.54, 1.807) is 6.92 Å². The summed E-state index contributed by atoms with van der Waals surface area (Å²) in [7, 11) is -3.52. The fourth-order valence-corrected chi connectivity index (χ4v) is 3.62. The minimum atomic E-state index is -3.52. The van der Waals surface area contributed by atoms with Crippen molar-refractivity contribution in [2.75, 3.05) is 0 Å². The van der Waals surface area contributed by atoms with Gasteiger partial charge in [-0.25, -0.2) is 13.1 Å². The summed E-state index contributed by atoms with van der Waals surface area (Å²) in [4.78, 5) is 0.126. The van der Waals surface area contributed by atoms with Gasteiger partial charge >= 0.3 is 0 Å². The quantitative estimate of drug-likeness (QED) is 0.850. The van der Waals surface area contributed by atoms with Crippen LogP contribution >= 0.6 is 0 Å². The molecule has 0 unspecified atom stereocenters. The van der Waals surface area contributed by atoms with Gasteiger partial charge in [0.25, 0.3) is 0 Å². The minimum absolute atomic E-state index is 0.0295. The second kappa shape index (κ2) is 4.44. The predicted molar refractivity (Wildman–Crippen MR) is 61.9 cm³/mol. The molecule has 96 valence electrons. The highest BCUT2D eigenvalue weighted by atomic mass is 32.2. The van der Waals surface area contributed by atoms with E-state index >= 15 is 0 Å². The first-order chi connectivity index (χ1) is 7.92. The molecule has 0 aromatic carbocycles. The second-order valence-corrected chi connectivity index (χ2v) is 6.37. The second-order valence-electron chi connectivity index (χ2n) is 4.69. The molecule has 1 aliphatic carbocycles. The molecular formula is C11H17NO4S. The first kappa shape index (κ1) is 12.6. The topological polar surface area (TPSA) is 79.5 Å². The van der Waals surface area contributed by atoms with E-state index in [9.17, 15) is 8.42 Å². The molecular weight excluding hydrogens is 242 g/mol. The monoisotopic (exact) mass is 259 g/mol. The number of hydrogen-bond donors (Lipinski definition) is 2. The van der Waals surface area contributed by atoms with E-state index in [2.05, 4.69) is 11.6 Å². The van der Waals surface area contributed by atoms with Gasteiger partial charge in [0.15, 0.2) is 0 Å². The van der Waals surface area contributed by atoms with E-state index < -0.39 is 10.0 Å². The fourth-order valence-electron chi connectivity index (χ4n) is 2.15. The van der Waals surface area contributed by atoms with Crippen molar-refractivity contribution in [1.29, 1.82) is 0 Å². The zero-order valence-electron chi connectivity index (χ0n) is 9.93. The lowest BCUT2D eigenvalue weighted by Gasteiger charge is -2.32. The van der Waals surface area contributed by atoms with Gasteiger partial charge < -0.3 is 9.52 Å². The number of hydrogen-bond acceptors (Lipinski definition) is 4. The lowest BCUT2D eigenvalue weighted by atomic mass is 9.83. The lowest BCUT2D eigenvalue weighted by molar-refractivity contribution is 0.244. The van der Waals surface area contributed by atoms with E-state index in [0.29, 0.717) is 11.7 Å². The maximum Gasteiger partial charge on any atom is 0.244 e. The van der Waals surface area contributed by atoms with Crippen LogP contribution in [0.4, 0.5) is 0 Å². The number of rotatable bonds is 4. The molecule has 0 radical (unpaired) electrons. The normalized spacial score (nSPS) is 24.6. The smallest absolute Gasteiger partial charge is 0.244 e. The van der Waals surface area contributed by atoms with Crippen molar-refractivity contribution in [2.45, 2.75) is 44.2 Å². The molecule has 1 fully saturated rings. The van der Waals surface area contributed by atoms with E-state index in [1.165, 1.54) is 6.07 Å². The summed E-state index contributed by atoms with van der Waals surface area (Å²) < 4.78 is 31.9. The summed E-state index contributed by atoms with van der Waals surface area (Å²) in [6, 6.07) is 1.40. The lowest BCUT2D eigenvalue weighted by Crippen LogP contribution is -2.43. The van der Waals surface area contributed by atoms with Crippen LogP contribution < -0.4 is 4.72 Å². The van der Waals surface area contributed by atoms with Crippen molar-refractivity contribution in [2.24, 2.45) is 5.92 Å². The standard InChI is InChI=1S/C11H17NO4S/c1-7-3-9(4-7)12-17(14,15)11-5-10(6-13)16-8(11)2/h5,7,9,12-13H,3-4,6H2,1-2H3. The van der Waals surface area contributed by atoms with Gasteiger partial charge in [-0.2, -0.15) is 0 Å². The highest BCUT2D eigenvalue weighted by Crippen LogP contribution is 2.28. The zero-order valence-corrected chi connectivity index (χ0v) is 10.8. The van der Waals surface area contributed by atoms with Crippen LogP contribution in [0.5, 0.6) is 0 Å². The summed E-state index contributed by atoms with van der Waals surface area (Å²) in [6.45, 7) is 3.38. The molecule has 2 N–H and O–H groups in total. The third-order valence-corrected chi connectivity index (χ3v) is 4.69. The van der Waals surface area contributed by atoms with Crippen LogP contribution in [0.2, 0.25) is 0 Å². The fraction of sp³-hybridized carbons (Fsp3) is 0.636. The molecule has 5 nitrogen and oxygen atoms in total. The number of aliphatic hydroxyl groups excluding tert-OH is 1. The SMILES string of the molecule is Cc1oc(CO)cc1S(=O)(=O)NC1CC(C)C1. The van der Waals surface area contributed by atoms with Crippen LogP contribution in [0, 0.1) is 12.8 Å². The highest BCUT2D eigenvalue weighted by Gasteiger charge is 2.31. The molecule has 1 aromatic heterocycles. The molecule has 2 rings (SSSR count). The number of furan rings is 1. The molecule has 6 heteroatoms. The molecule has 0 spiro atoms. The number of aryl methyl sites for hydroxylation is 1. The van der Waals surface area contributed by atoms with Gasteiger partial charge in [0.05, 0.1) is 0 Å². The van der Waals surface area contributed by atoms with Gasteiger partial charge in [-0.3, -0.25) is 0 Å². The van der Waals surface area contributed by atoms with Crippen LogP contribution in [0.1, 0.15) is 31.3 Å². The van der Waals surface area contributed by atoms with Gasteiger partial charge in [0.2, 0.25) is 10.0 Å². The minimum Gasteiger partial charge on any atom is -0.462 e. The number of sulfonamides is 1. The Morgan fingerprint density at radius 3 is 2.65 bits per heavy atom. The molecule has 0 atom stereocenters. The average molecular weight is 259 g/mol. The maximum absolute atomic E-state index is 12.0. The molecule has 0 amide bonds. The summed E-state index contributed by atoms with van der Waals surface area (Å²) in [5, 5.41) is 8.91. The summed E-state index contributed by atoms with van der Waals surface area (Å²) in [5.74, 6) is 1.17. The van der Waals surface area contributed by atoms with Gasteiger partial charge in [-0.05, 0) is 25.7 Å². The first-order valence-electron chi connectivity index (χ1n) is 5.65. The van der Waals surface area contributed by atoms with E-state index in [0.717, 1.165) is 12.8 Å². The van der Waals surface area contributed by atoms with Crippen molar-refractivity contribution < 1.29 is 17.9 Å². The Bertz CT molecular complexity index is 500.